The van der Waals surface area contributed by atoms with Gasteiger partial charge in [0.25, 0.3) is 0 Å². The first kappa shape index (κ1) is 18.0. The Morgan fingerprint density at radius 2 is 1.95 bits per heavy atom. The molecule has 0 saturated heterocycles. The normalized spacial score (nSPS) is 14.4. The number of aliphatic hydroxyl groups excluding tert-OH is 1. The van der Waals surface area contributed by atoms with Crippen molar-refractivity contribution in [2.45, 2.75) is 23.1 Å². The van der Waals surface area contributed by atoms with E-state index in [-0.39, 0.29) is 29.3 Å². The van der Waals surface area contributed by atoms with Gasteiger partial charge in [0.05, 0.1) is 18.0 Å². The molecule has 0 aliphatic carbocycles. The van der Waals surface area contributed by atoms with Crippen LogP contribution in [0.3, 0.4) is 0 Å². The highest BCUT2D eigenvalue weighted by Gasteiger charge is 2.19. The van der Waals surface area contributed by atoms with E-state index in [2.05, 4.69) is 10.0 Å². The van der Waals surface area contributed by atoms with Gasteiger partial charge in [-0.1, -0.05) is 18.2 Å². The lowest BCUT2D eigenvalue weighted by atomic mass is 10.2. The number of thioether (sulfide) groups is 1. The van der Waals surface area contributed by atoms with Crippen LogP contribution in [0.25, 0.3) is 0 Å². The summed E-state index contributed by atoms with van der Waals surface area (Å²) in [5, 5.41) is 11.7. The van der Waals surface area contributed by atoms with Gasteiger partial charge in [0.15, 0.2) is 0 Å². The van der Waals surface area contributed by atoms with E-state index >= 15 is 0 Å². The molecule has 0 aromatic heterocycles. The molecule has 0 aliphatic rings. The number of carbonyl (C=O) groups is 1. The third-order valence-electron chi connectivity index (χ3n) is 2.91. The first-order valence-electron chi connectivity index (χ1n) is 6.38. The third kappa shape index (κ3) is 5.66. The molecule has 0 spiro atoms. The predicted molar refractivity (Wildman–Crippen MR) is 83.6 cm³/mol. The number of rotatable bonds is 8. The van der Waals surface area contributed by atoms with Gasteiger partial charge in [0.2, 0.25) is 15.9 Å². The summed E-state index contributed by atoms with van der Waals surface area (Å²) in [6.45, 7) is 1.37. The van der Waals surface area contributed by atoms with Crippen LogP contribution in [0.15, 0.2) is 35.2 Å². The summed E-state index contributed by atoms with van der Waals surface area (Å²) in [7, 11) is -3.69. The molecule has 8 heteroatoms. The molecular weight excluding hydrogens is 312 g/mol. The van der Waals surface area contributed by atoms with E-state index in [9.17, 15) is 13.2 Å². The Balaban J connectivity index is 2.53. The van der Waals surface area contributed by atoms with Crippen LogP contribution in [0.2, 0.25) is 0 Å². The van der Waals surface area contributed by atoms with Crippen molar-refractivity contribution in [2.75, 3.05) is 19.4 Å². The fourth-order valence-electron chi connectivity index (χ4n) is 1.68. The van der Waals surface area contributed by atoms with Gasteiger partial charge in [0.1, 0.15) is 0 Å². The third-order valence-corrected chi connectivity index (χ3v) is 5.49. The van der Waals surface area contributed by atoms with E-state index in [1.165, 1.54) is 23.9 Å². The summed E-state index contributed by atoms with van der Waals surface area (Å²) in [5.74, 6) is -0.436. The smallest absolute Gasteiger partial charge is 0.241 e. The summed E-state index contributed by atoms with van der Waals surface area (Å²) >= 11 is 1.44. The molecule has 0 radical (unpaired) electrons. The van der Waals surface area contributed by atoms with Crippen LogP contribution >= 0.6 is 11.8 Å². The molecule has 1 aromatic rings. The molecule has 0 saturated carbocycles. The van der Waals surface area contributed by atoms with Crippen molar-refractivity contribution in [2.24, 2.45) is 0 Å². The van der Waals surface area contributed by atoms with Gasteiger partial charge in [-0.3, -0.25) is 4.79 Å². The minimum atomic E-state index is -3.69. The fourth-order valence-corrected chi connectivity index (χ4v) is 3.31. The van der Waals surface area contributed by atoms with Crippen molar-refractivity contribution < 1.29 is 18.3 Å². The molecule has 118 valence electrons. The Labute approximate surface area is 129 Å². The molecule has 0 bridgehead atoms. The van der Waals surface area contributed by atoms with Crippen LogP contribution in [0.1, 0.15) is 6.92 Å². The largest absolute Gasteiger partial charge is 0.395 e. The van der Waals surface area contributed by atoms with Crippen LogP contribution in [-0.4, -0.2) is 50.1 Å². The number of sulfonamides is 1. The average molecular weight is 332 g/mol. The predicted octanol–water partition coefficient (Wildman–Crippen LogP) is 0.194. The molecular formula is C13H20N2O4S2. The van der Waals surface area contributed by atoms with Gasteiger partial charge in [-0.2, -0.15) is 11.8 Å². The monoisotopic (exact) mass is 332 g/mol. The summed E-state index contributed by atoms with van der Waals surface area (Å²) in [6, 6.07) is 7.60. The molecule has 0 fully saturated rings. The summed E-state index contributed by atoms with van der Waals surface area (Å²) in [6.07, 6.45) is 1.83. The summed E-state index contributed by atoms with van der Waals surface area (Å²) in [5.41, 5.74) is 0. The van der Waals surface area contributed by atoms with E-state index in [1.54, 1.807) is 25.1 Å². The molecule has 0 heterocycles. The molecule has 3 N–H and O–H groups in total. The number of amides is 1. The van der Waals surface area contributed by atoms with E-state index in [4.69, 9.17) is 5.11 Å². The molecule has 21 heavy (non-hydrogen) atoms. The second-order valence-electron chi connectivity index (χ2n) is 4.45. The van der Waals surface area contributed by atoms with Gasteiger partial charge in [-0.05, 0) is 25.3 Å². The standard InChI is InChI=1S/C13H20N2O4S2/c1-10(12(9-16)20-2)15-13(17)8-14-21(18,19)11-6-4-3-5-7-11/h3-7,10,12,14,16H,8-9H2,1-2H3,(H,15,17). The number of benzene rings is 1. The molecule has 2 atom stereocenters. The maximum absolute atomic E-state index is 11.9. The summed E-state index contributed by atoms with van der Waals surface area (Å²) in [4.78, 5) is 11.9. The van der Waals surface area contributed by atoms with Gasteiger partial charge >= 0.3 is 0 Å². The zero-order valence-electron chi connectivity index (χ0n) is 11.9. The minimum absolute atomic E-state index is 0.0572. The lowest BCUT2D eigenvalue weighted by molar-refractivity contribution is -0.120. The van der Waals surface area contributed by atoms with Crippen molar-refractivity contribution in [3.8, 4) is 0 Å². The minimum Gasteiger partial charge on any atom is -0.395 e. The quantitative estimate of drug-likeness (QED) is 0.632. The molecule has 1 amide bonds. The lowest BCUT2D eigenvalue weighted by Crippen LogP contribution is -2.45. The van der Waals surface area contributed by atoms with Crippen molar-refractivity contribution in [1.82, 2.24) is 10.0 Å². The Hall–Kier alpha value is -1.09. The van der Waals surface area contributed by atoms with Gasteiger partial charge in [0, 0.05) is 11.3 Å². The first-order valence-corrected chi connectivity index (χ1v) is 9.15. The van der Waals surface area contributed by atoms with Crippen molar-refractivity contribution in [3.63, 3.8) is 0 Å². The number of hydrogen-bond donors (Lipinski definition) is 3. The van der Waals surface area contributed by atoms with Crippen molar-refractivity contribution in [3.05, 3.63) is 30.3 Å². The topological polar surface area (TPSA) is 95.5 Å². The number of nitrogens with one attached hydrogen (secondary N) is 2. The maximum Gasteiger partial charge on any atom is 0.241 e. The molecule has 6 nitrogen and oxygen atoms in total. The van der Waals surface area contributed by atoms with Gasteiger partial charge in [-0.25, -0.2) is 13.1 Å². The van der Waals surface area contributed by atoms with E-state index in [0.29, 0.717) is 0 Å². The Bertz CT molecular complexity index is 545. The number of aliphatic hydroxyl groups is 1. The highest BCUT2D eigenvalue weighted by Crippen LogP contribution is 2.10. The van der Waals surface area contributed by atoms with Crippen LogP contribution in [-0.2, 0) is 14.8 Å². The molecule has 1 rings (SSSR count). The second-order valence-corrected chi connectivity index (χ2v) is 7.29. The van der Waals surface area contributed by atoms with Crippen molar-refractivity contribution >= 4 is 27.7 Å². The summed E-state index contributed by atoms with van der Waals surface area (Å²) < 4.78 is 26.1. The van der Waals surface area contributed by atoms with E-state index in [0.717, 1.165) is 0 Å². The molecule has 0 aliphatic heterocycles. The van der Waals surface area contributed by atoms with E-state index in [1.807, 2.05) is 6.26 Å². The average Bonchev–Trinajstić information content (AvgIpc) is 2.47. The maximum atomic E-state index is 11.9. The SMILES string of the molecule is CSC(CO)C(C)NC(=O)CNS(=O)(=O)c1ccccc1. The van der Waals surface area contributed by atoms with E-state index < -0.39 is 15.9 Å². The first-order chi connectivity index (χ1) is 9.90. The Morgan fingerprint density at radius 1 is 1.33 bits per heavy atom. The van der Waals surface area contributed by atoms with Crippen LogP contribution in [0.4, 0.5) is 0 Å². The Morgan fingerprint density at radius 3 is 2.48 bits per heavy atom. The van der Waals surface area contributed by atoms with Crippen LogP contribution in [0.5, 0.6) is 0 Å². The van der Waals surface area contributed by atoms with Gasteiger partial charge < -0.3 is 10.4 Å². The highest BCUT2D eigenvalue weighted by molar-refractivity contribution is 7.99. The highest BCUT2D eigenvalue weighted by atomic mass is 32.2. The number of hydrogen-bond acceptors (Lipinski definition) is 5. The van der Waals surface area contributed by atoms with Crippen molar-refractivity contribution in [1.29, 1.82) is 0 Å². The van der Waals surface area contributed by atoms with Crippen LogP contribution < -0.4 is 10.0 Å². The zero-order valence-corrected chi connectivity index (χ0v) is 13.6. The fraction of sp³-hybridized carbons (Fsp3) is 0.462. The van der Waals surface area contributed by atoms with Crippen LogP contribution in [0, 0.1) is 0 Å². The van der Waals surface area contributed by atoms with Gasteiger partial charge in [-0.15, -0.1) is 0 Å². The molecule has 2 unspecified atom stereocenters. The Kier molecular flexibility index (Phi) is 7.16. The lowest BCUT2D eigenvalue weighted by Gasteiger charge is -2.21. The molecule has 1 aromatic carbocycles. The number of carbonyl (C=O) groups excluding carboxylic acids is 1. The zero-order chi connectivity index (χ0) is 15.9. The second kappa shape index (κ2) is 8.38.